The molecule has 28 heavy (non-hydrogen) atoms. The molecule has 1 heterocycles. The van der Waals surface area contributed by atoms with Crippen molar-refractivity contribution in [1.29, 1.82) is 0 Å². The van der Waals surface area contributed by atoms with Crippen LogP contribution in [-0.2, 0) is 0 Å². The Hall–Kier alpha value is -2.92. The van der Waals surface area contributed by atoms with Crippen molar-refractivity contribution in [1.82, 2.24) is 4.98 Å². The molecule has 1 radical (unpaired) electrons. The molecule has 3 aromatic carbocycles. The average Bonchev–Trinajstić information content (AvgIpc) is 2.77. The van der Waals surface area contributed by atoms with E-state index in [4.69, 9.17) is 5.11 Å². The molecule has 0 fully saturated rings. The summed E-state index contributed by atoms with van der Waals surface area (Å²) in [5.74, 6) is -0.990. The zero-order valence-electron chi connectivity index (χ0n) is 15.3. The van der Waals surface area contributed by atoms with Crippen molar-refractivity contribution in [2.24, 2.45) is 0 Å². The van der Waals surface area contributed by atoms with Crippen LogP contribution < -0.4 is 10.7 Å². The number of aromatic carboxylic acids is 1. The summed E-state index contributed by atoms with van der Waals surface area (Å²) in [6.07, 6.45) is 1.45. The third-order valence-corrected chi connectivity index (χ3v) is 11.9. The number of carbonyl (C=O) groups is 1. The molecule has 1 N–H and O–H groups in total. The molecule has 0 bridgehead atoms. The van der Waals surface area contributed by atoms with E-state index >= 15 is 0 Å². The second-order valence-electron chi connectivity index (χ2n) is 5.99. The summed E-state index contributed by atoms with van der Waals surface area (Å²) < 4.78 is 4.59. The molecule has 0 saturated heterocycles. The zero-order chi connectivity index (χ0) is 19.6. The number of aromatic nitrogens is 1. The molecular weight excluding hydrogens is 453 g/mol. The Morgan fingerprint density at radius 1 is 0.607 bits per heavy atom. The molecule has 0 spiro atoms. The molecule has 0 aliphatic rings. The molecule has 3 nitrogen and oxygen atoms in total. The van der Waals surface area contributed by atoms with Crippen molar-refractivity contribution in [3.8, 4) is 0 Å². The Bertz CT molecular complexity index is 884. The van der Waals surface area contributed by atoms with Gasteiger partial charge in [0.05, 0.1) is 0 Å². The third-order valence-electron chi connectivity index (χ3n) is 4.07. The van der Waals surface area contributed by atoms with Crippen LogP contribution in [0.3, 0.4) is 0 Å². The van der Waals surface area contributed by atoms with Gasteiger partial charge in [0.15, 0.2) is 0 Å². The zero-order valence-corrected chi connectivity index (χ0v) is 18.1. The first-order valence-corrected chi connectivity index (χ1v) is 13.2. The Morgan fingerprint density at radius 3 is 1.29 bits per heavy atom. The second-order valence-corrected chi connectivity index (χ2v) is 13.1. The molecular formula is C24H20NO2Sn. The first kappa shape index (κ1) is 19.8. The molecule has 0 amide bonds. The van der Waals surface area contributed by atoms with Crippen LogP contribution in [0.1, 0.15) is 10.5 Å². The molecule has 0 saturated carbocycles. The van der Waals surface area contributed by atoms with Gasteiger partial charge in [-0.1, -0.05) is 6.07 Å². The monoisotopic (exact) mass is 474 g/mol. The fraction of sp³-hybridized carbons (Fsp3) is 0. The Kier molecular flexibility index (Phi) is 7.38. The second kappa shape index (κ2) is 10.4. The van der Waals surface area contributed by atoms with Crippen molar-refractivity contribution in [3.05, 3.63) is 121 Å². The fourth-order valence-corrected chi connectivity index (χ4v) is 10.2. The Morgan fingerprint density at radius 2 is 1.00 bits per heavy atom. The van der Waals surface area contributed by atoms with Crippen LogP contribution in [0.25, 0.3) is 0 Å². The minimum atomic E-state index is -1.98. The predicted octanol–water partition coefficient (Wildman–Crippen LogP) is 2.98. The fourth-order valence-electron chi connectivity index (χ4n) is 2.80. The van der Waals surface area contributed by atoms with Gasteiger partial charge in [0.1, 0.15) is 5.69 Å². The number of hydrogen-bond acceptors (Lipinski definition) is 2. The van der Waals surface area contributed by atoms with Crippen molar-refractivity contribution in [2.75, 3.05) is 0 Å². The molecule has 4 heteroatoms. The number of nitrogens with zero attached hydrogens (tertiary/aromatic N) is 1. The molecule has 4 rings (SSSR count). The van der Waals surface area contributed by atoms with Crippen LogP contribution in [0.2, 0.25) is 0 Å². The first-order chi connectivity index (χ1) is 13.8. The Balaban J connectivity index is 0.000000211. The van der Waals surface area contributed by atoms with Gasteiger partial charge >= 0.3 is 127 Å². The van der Waals surface area contributed by atoms with E-state index in [0.717, 1.165) is 0 Å². The molecule has 0 aliphatic carbocycles. The van der Waals surface area contributed by atoms with Crippen molar-refractivity contribution >= 4 is 36.5 Å². The molecule has 0 atom stereocenters. The minimum absolute atomic E-state index is 0.0810. The van der Waals surface area contributed by atoms with E-state index in [9.17, 15) is 4.79 Å². The van der Waals surface area contributed by atoms with Gasteiger partial charge < -0.3 is 5.11 Å². The molecule has 4 aromatic rings. The topological polar surface area (TPSA) is 50.2 Å². The maximum absolute atomic E-state index is 10.1. The summed E-state index contributed by atoms with van der Waals surface area (Å²) in [4.78, 5) is 13.7. The van der Waals surface area contributed by atoms with Crippen LogP contribution >= 0.6 is 0 Å². The van der Waals surface area contributed by atoms with E-state index < -0.39 is 25.7 Å². The van der Waals surface area contributed by atoms with E-state index in [1.165, 1.54) is 23.0 Å². The van der Waals surface area contributed by atoms with Crippen LogP contribution in [-0.4, -0.2) is 35.8 Å². The number of hydrogen-bond donors (Lipinski definition) is 1. The standard InChI is InChI=1S/C6H5NO2.3C6H5.Sn/c8-6(9)5-3-1-2-4-7-5;3*1-2-4-6-5-3-1;/h1-4H,(H,8,9);3*1-5H;. The number of pyridine rings is 1. The SMILES string of the molecule is O=C(O)c1ccccn1.c1cc[c]([Sn]([c]2ccccc2)[c]2ccccc2)cc1. The van der Waals surface area contributed by atoms with Crippen molar-refractivity contribution in [2.45, 2.75) is 0 Å². The third kappa shape index (κ3) is 5.54. The number of carboxylic acids is 1. The van der Waals surface area contributed by atoms with Gasteiger partial charge in [-0.05, 0) is 12.1 Å². The molecule has 0 unspecified atom stereocenters. The van der Waals surface area contributed by atoms with Gasteiger partial charge in [-0.3, -0.25) is 0 Å². The first-order valence-electron chi connectivity index (χ1n) is 8.93. The summed E-state index contributed by atoms with van der Waals surface area (Å²) in [5, 5.41) is 8.32. The van der Waals surface area contributed by atoms with Gasteiger partial charge in [0, 0.05) is 6.20 Å². The predicted molar refractivity (Wildman–Crippen MR) is 115 cm³/mol. The maximum atomic E-state index is 10.1. The van der Waals surface area contributed by atoms with Crippen LogP contribution in [0.4, 0.5) is 0 Å². The van der Waals surface area contributed by atoms with Crippen LogP contribution in [0.15, 0.2) is 115 Å². The van der Waals surface area contributed by atoms with Crippen LogP contribution in [0, 0.1) is 0 Å². The van der Waals surface area contributed by atoms with E-state index in [1.54, 1.807) is 12.1 Å². The van der Waals surface area contributed by atoms with E-state index in [-0.39, 0.29) is 5.69 Å². The molecule has 1 aromatic heterocycles. The summed E-state index contributed by atoms with van der Waals surface area (Å²) in [6.45, 7) is 0. The van der Waals surface area contributed by atoms with E-state index in [2.05, 4.69) is 96.0 Å². The average molecular weight is 473 g/mol. The summed E-state index contributed by atoms with van der Waals surface area (Å²) in [5.41, 5.74) is 0.0810. The summed E-state index contributed by atoms with van der Waals surface area (Å²) in [6, 6.07) is 37.7. The van der Waals surface area contributed by atoms with E-state index in [0.29, 0.717) is 0 Å². The Labute approximate surface area is 172 Å². The van der Waals surface area contributed by atoms with Crippen LogP contribution in [0.5, 0.6) is 0 Å². The van der Waals surface area contributed by atoms with Gasteiger partial charge in [0.2, 0.25) is 0 Å². The number of carboxylic acid groups (broad SMARTS) is 1. The molecule has 0 aliphatic heterocycles. The molecule has 137 valence electrons. The summed E-state index contributed by atoms with van der Waals surface area (Å²) in [7, 11) is 0. The van der Waals surface area contributed by atoms with Gasteiger partial charge in [0.25, 0.3) is 0 Å². The van der Waals surface area contributed by atoms with Gasteiger partial charge in [-0.25, -0.2) is 9.78 Å². The number of benzene rings is 3. The van der Waals surface area contributed by atoms with Crippen molar-refractivity contribution in [3.63, 3.8) is 0 Å². The van der Waals surface area contributed by atoms with Gasteiger partial charge in [-0.2, -0.15) is 0 Å². The summed E-state index contributed by atoms with van der Waals surface area (Å²) >= 11 is -1.98. The van der Waals surface area contributed by atoms with Crippen molar-refractivity contribution < 1.29 is 9.90 Å². The normalized spacial score (nSPS) is 10.0. The quantitative estimate of drug-likeness (QED) is 0.464. The number of rotatable bonds is 4. The van der Waals surface area contributed by atoms with Gasteiger partial charge in [-0.15, -0.1) is 0 Å². The van der Waals surface area contributed by atoms with E-state index in [1.807, 2.05) is 0 Å².